The van der Waals surface area contributed by atoms with Crippen molar-refractivity contribution in [3.63, 3.8) is 0 Å². The van der Waals surface area contributed by atoms with E-state index in [1.165, 1.54) is 6.07 Å². The Hall–Kier alpha value is -1.18. The molecule has 0 heterocycles. The zero-order chi connectivity index (χ0) is 12.0. The van der Waals surface area contributed by atoms with Crippen LogP contribution in [0.5, 0.6) is 0 Å². The average Bonchev–Trinajstić information content (AvgIpc) is 2.21. The van der Waals surface area contributed by atoms with Crippen molar-refractivity contribution in [2.45, 2.75) is 39.5 Å². The van der Waals surface area contributed by atoms with Crippen LogP contribution >= 0.6 is 0 Å². The molecule has 2 heteroatoms. The maximum atomic E-state index is 13.3. The van der Waals surface area contributed by atoms with Crippen molar-refractivity contribution in [3.05, 3.63) is 35.6 Å². The molecule has 1 atom stereocenters. The molecule has 0 spiro atoms. The molecule has 0 fully saturated rings. The zero-order valence-corrected chi connectivity index (χ0v) is 10.0. The molecule has 0 aromatic heterocycles. The summed E-state index contributed by atoms with van der Waals surface area (Å²) in [6.07, 6.45) is 2.93. The molecular formula is C14H19FO. The standard InChI is InChI=1S/C14H19FO/c1-3-6-11(2)9-13(16)10-12-7-4-5-8-14(12)15/h4-5,7-8,11H,3,6,9-10H2,1-2H3. The minimum Gasteiger partial charge on any atom is -0.299 e. The van der Waals surface area contributed by atoms with Gasteiger partial charge in [0.25, 0.3) is 0 Å². The molecule has 0 saturated carbocycles. The molecule has 0 aliphatic rings. The van der Waals surface area contributed by atoms with Crippen molar-refractivity contribution in [1.29, 1.82) is 0 Å². The third-order valence-electron chi connectivity index (χ3n) is 2.70. The molecule has 1 unspecified atom stereocenters. The summed E-state index contributed by atoms with van der Waals surface area (Å²) < 4.78 is 13.3. The first-order chi connectivity index (χ1) is 7.63. The Labute approximate surface area is 96.7 Å². The maximum Gasteiger partial charge on any atom is 0.137 e. The summed E-state index contributed by atoms with van der Waals surface area (Å²) in [6, 6.07) is 6.49. The van der Waals surface area contributed by atoms with Gasteiger partial charge in [-0.25, -0.2) is 4.39 Å². The molecular weight excluding hydrogens is 203 g/mol. The van der Waals surface area contributed by atoms with E-state index in [1.54, 1.807) is 18.2 Å². The van der Waals surface area contributed by atoms with Gasteiger partial charge in [-0.15, -0.1) is 0 Å². The highest BCUT2D eigenvalue weighted by molar-refractivity contribution is 5.81. The molecule has 0 bridgehead atoms. The largest absolute Gasteiger partial charge is 0.299 e. The van der Waals surface area contributed by atoms with E-state index in [9.17, 15) is 9.18 Å². The average molecular weight is 222 g/mol. The van der Waals surface area contributed by atoms with Gasteiger partial charge in [-0.1, -0.05) is 44.9 Å². The Morgan fingerprint density at radius 1 is 1.38 bits per heavy atom. The van der Waals surface area contributed by atoms with Gasteiger partial charge >= 0.3 is 0 Å². The number of carbonyl (C=O) groups is 1. The number of halogens is 1. The minimum atomic E-state index is -0.279. The topological polar surface area (TPSA) is 17.1 Å². The van der Waals surface area contributed by atoms with Crippen LogP contribution in [0.15, 0.2) is 24.3 Å². The molecule has 1 nitrogen and oxygen atoms in total. The fraction of sp³-hybridized carbons (Fsp3) is 0.500. The SMILES string of the molecule is CCCC(C)CC(=O)Cc1ccccc1F. The predicted molar refractivity (Wildman–Crippen MR) is 63.8 cm³/mol. The van der Waals surface area contributed by atoms with Gasteiger partial charge < -0.3 is 0 Å². The summed E-state index contributed by atoms with van der Waals surface area (Å²) in [4.78, 5) is 11.7. The Morgan fingerprint density at radius 2 is 2.06 bits per heavy atom. The van der Waals surface area contributed by atoms with Crippen LogP contribution in [0.3, 0.4) is 0 Å². The summed E-state index contributed by atoms with van der Waals surface area (Å²) in [6.45, 7) is 4.18. The monoisotopic (exact) mass is 222 g/mol. The van der Waals surface area contributed by atoms with Gasteiger partial charge in [0.1, 0.15) is 11.6 Å². The number of ketones is 1. The Kier molecular flexibility index (Phi) is 5.17. The summed E-state index contributed by atoms with van der Waals surface area (Å²) in [5, 5.41) is 0. The Bertz CT molecular complexity index is 346. The smallest absolute Gasteiger partial charge is 0.137 e. The first-order valence-corrected chi connectivity index (χ1v) is 5.88. The van der Waals surface area contributed by atoms with E-state index in [0.29, 0.717) is 17.9 Å². The van der Waals surface area contributed by atoms with E-state index in [-0.39, 0.29) is 18.0 Å². The van der Waals surface area contributed by atoms with Crippen LogP contribution in [0, 0.1) is 11.7 Å². The lowest BCUT2D eigenvalue weighted by molar-refractivity contribution is -0.119. The lowest BCUT2D eigenvalue weighted by atomic mass is 9.96. The molecule has 0 N–H and O–H groups in total. The van der Waals surface area contributed by atoms with Gasteiger partial charge in [0.05, 0.1) is 0 Å². The van der Waals surface area contributed by atoms with Crippen LogP contribution in [-0.2, 0) is 11.2 Å². The molecule has 16 heavy (non-hydrogen) atoms. The second kappa shape index (κ2) is 6.41. The highest BCUT2D eigenvalue weighted by Crippen LogP contribution is 2.14. The number of carbonyl (C=O) groups excluding carboxylic acids is 1. The van der Waals surface area contributed by atoms with Crippen molar-refractivity contribution >= 4 is 5.78 Å². The maximum absolute atomic E-state index is 13.3. The van der Waals surface area contributed by atoms with E-state index in [1.807, 2.05) is 0 Å². The fourth-order valence-corrected chi connectivity index (χ4v) is 1.91. The Balaban J connectivity index is 2.49. The van der Waals surface area contributed by atoms with Crippen molar-refractivity contribution < 1.29 is 9.18 Å². The van der Waals surface area contributed by atoms with Gasteiger partial charge in [0, 0.05) is 12.8 Å². The third kappa shape index (κ3) is 4.13. The van der Waals surface area contributed by atoms with Crippen LogP contribution in [0.1, 0.15) is 38.7 Å². The van der Waals surface area contributed by atoms with Gasteiger partial charge in [0.2, 0.25) is 0 Å². The van der Waals surface area contributed by atoms with Crippen molar-refractivity contribution in [3.8, 4) is 0 Å². The lowest BCUT2D eigenvalue weighted by Crippen LogP contribution is -2.09. The van der Waals surface area contributed by atoms with E-state index in [2.05, 4.69) is 13.8 Å². The van der Waals surface area contributed by atoms with Crippen LogP contribution < -0.4 is 0 Å². The number of hydrogen-bond acceptors (Lipinski definition) is 1. The normalized spacial score (nSPS) is 12.4. The van der Waals surface area contributed by atoms with Crippen LogP contribution in [0.4, 0.5) is 4.39 Å². The van der Waals surface area contributed by atoms with E-state index >= 15 is 0 Å². The molecule has 0 saturated heterocycles. The Morgan fingerprint density at radius 3 is 2.69 bits per heavy atom. The number of rotatable bonds is 6. The van der Waals surface area contributed by atoms with Crippen LogP contribution in [0.2, 0.25) is 0 Å². The van der Waals surface area contributed by atoms with Crippen molar-refractivity contribution in [2.75, 3.05) is 0 Å². The van der Waals surface area contributed by atoms with E-state index in [4.69, 9.17) is 0 Å². The van der Waals surface area contributed by atoms with E-state index < -0.39 is 0 Å². The molecule has 88 valence electrons. The van der Waals surface area contributed by atoms with E-state index in [0.717, 1.165) is 12.8 Å². The van der Waals surface area contributed by atoms with Gasteiger partial charge in [-0.3, -0.25) is 4.79 Å². The highest BCUT2D eigenvalue weighted by Gasteiger charge is 2.11. The van der Waals surface area contributed by atoms with Gasteiger partial charge in [0.15, 0.2) is 0 Å². The lowest BCUT2D eigenvalue weighted by Gasteiger charge is -2.09. The summed E-state index contributed by atoms with van der Waals surface area (Å²) in [5.41, 5.74) is 0.510. The molecule has 1 aromatic rings. The zero-order valence-electron chi connectivity index (χ0n) is 10.0. The quantitative estimate of drug-likeness (QED) is 0.716. The van der Waals surface area contributed by atoms with Crippen molar-refractivity contribution in [1.82, 2.24) is 0 Å². The molecule has 0 amide bonds. The first-order valence-electron chi connectivity index (χ1n) is 5.88. The highest BCUT2D eigenvalue weighted by atomic mass is 19.1. The fourth-order valence-electron chi connectivity index (χ4n) is 1.91. The summed E-state index contributed by atoms with van der Waals surface area (Å²) in [5.74, 6) is 0.259. The van der Waals surface area contributed by atoms with Gasteiger partial charge in [-0.2, -0.15) is 0 Å². The third-order valence-corrected chi connectivity index (χ3v) is 2.70. The van der Waals surface area contributed by atoms with Crippen LogP contribution in [0.25, 0.3) is 0 Å². The number of benzene rings is 1. The predicted octanol–water partition coefficient (Wildman–Crippen LogP) is 3.76. The molecule has 0 aliphatic heterocycles. The molecule has 0 aliphatic carbocycles. The second-order valence-electron chi connectivity index (χ2n) is 4.40. The summed E-state index contributed by atoms with van der Waals surface area (Å²) in [7, 11) is 0. The number of hydrogen-bond donors (Lipinski definition) is 0. The summed E-state index contributed by atoms with van der Waals surface area (Å²) >= 11 is 0. The first kappa shape index (κ1) is 12.9. The van der Waals surface area contributed by atoms with Crippen molar-refractivity contribution in [2.24, 2.45) is 5.92 Å². The molecule has 1 rings (SSSR count). The number of Topliss-reactive ketones (excluding diaryl/α,β-unsaturated/α-hetero) is 1. The van der Waals surface area contributed by atoms with Gasteiger partial charge in [-0.05, 0) is 17.5 Å². The minimum absolute atomic E-state index is 0.131. The van der Waals surface area contributed by atoms with Crippen LogP contribution in [-0.4, -0.2) is 5.78 Å². The second-order valence-corrected chi connectivity index (χ2v) is 4.40. The molecule has 0 radical (unpaired) electrons. The molecule has 1 aromatic carbocycles.